The van der Waals surface area contributed by atoms with Crippen LogP contribution in [0.15, 0.2) is 82.7 Å². The van der Waals surface area contributed by atoms with Gasteiger partial charge in [-0.2, -0.15) is 0 Å². The first-order chi connectivity index (χ1) is 13.1. The average molecular weight is 376 g/mol. The third-order valence-electron chi connectivity index (χ3n) is 4.32. The van der Waals surface area contributed by atoms with E-state index in [4.69, 9.17) is 4.98 Å². The minimum absolute atomic E-state index is 0.0916. The maximum Gasteiger partial charge on any atom is 0.266 e. The van der Waals surface area contributed by atoms with Crippen molar-refractivity contribution in [3.8, 4) is 5.69 Å². The Bertz CT molecular complexity index is 1150. The van der Waals surface area contributed by atoms with Crippen LogP contribution in [0.25, 0.3) is 16.6 Å². The summed E-state index contributed by atoms with van der Waals surface area (Å²) in [6.07, 6.45) is 0. The fraction of sp³-hybridized carbons (Fsp3) is 0.0909. The third kappa shape index (κ3) is 3.64. The number of para-hydroxylation sites is 1. The number of aromatic nitrogens is 2. The first-order valence-electron chi connectivity index (χ1n) is 8.58. The van der Waals surface area contributed by atoms with E-state index >= 15 is 0 Å². The van der Waals surface area contributed by atoms with Crippen molar-refractivity contribution in [2.75, 3.05) is 0 Å². The normalized spacial score (nSPS) is 11.0. The Labute approximate surface area is 160 Å². The Morgan fingerprint density at radius 1 is 0.963 bits per heavy atom. The molecule has 4 rings (SSSR count). The van der Waals surface area contributed by atoms with Gasteiger partial charge in [-0.1, -0.05) is 53.7 Å². The number of aryl methyl sites for hydroxylation is 1. The lowest BCUT2D eigenvalue weighted by Gasteiger charge is -2.13. The van der Waals surface area contributed by atoms with Crippen molar-refractivity contribution in [1.82, 2.24) is 9.55 Å². The van der Waals surface area contributed by atoms with Crippen LogP contribution in [0.3, 0.4) is 0 Å². The zero-order valence-corrected chi connectivity index (χ0v) is 15.5. The molecule has 0 aliphatic rings. The van der Waals surface area contributed by atoms with Crippen LogP contribution in [-0.4, -0.2) is 9.55 Å². The molecule has 0 amide bonds. The summed E-state index contributed by atoms with van der Waals surface area (Å²) in [5, 5.41) is 1.20. The molecule has 0 fully saturated rings. The Hall–Kier alpha value is -2.92. The summed E-state index contributed by atoms with van der Waals surface area (Å²) >= 11 is 1.46. The molecule has 27 heavy (non-hydrogen) atoms. The van der Waals surface area contributed by atoms with E-state index in [1.54, 1.807) is 22.8 Å². The molecule has 0 atom stereocenters. The Balaban J connectivity index is 1.81. The first kappa shape index (κ1) is 17.5. The van der Waals surface area contributed by atoms with Crippen LogP contribution in [0.2, 0.25) is 0 Å². The molecule has 1 aromatic heterocycles. The van der Waals surface area contributed by atoms with Gasteiger partial charge in [0.2, 0.25) is 0 Å². The average Bonchev–Trinajstić information content (AvgIpc) is 2.69. The van der Waals surface area contributed by atoms with Gasteiger partial charge >= 0.3 is 0 Å². The highest BCUT2D eigenvalue weighted by Gasteiger charge is 2.13. The van der Waals surface area contributed by atoms with E-state index in [1.807, 2.05) is 49.4 Å². The highest BCUT2D eigenvalue weighted by atomic mass is 32.2. The summed E-state index contributed by atoms with van der Waals surface area (Å²) in [5.41, 5.74) is 3.46. The maximum atomic E-state index is 13.2. The molecule has 1 heterocycles. The third-order valence-corrected chi connectivity index (χ3v) is 5.33. The second kappa shape index (κ2) is 7.37. The molecule has 0 unspecified atom stereocenters. The fourth-order valence-corrected chi connectivity index (χ4v) is 3.83. The van der Waals surface area contributed by atoms with Gasteiger partial charge in [0.1, 0.15) is 5.82 Å². The zero-order valence-electron chi connectivity index (χ0n) is 14.7. The van der Waals surface area contributed by atoms with E-state index in [1.165, 1.54) is 23.9 Å². The van der Waals surface area contributed by atoms with E-state index < -0.39 is 0 Å². The maximum absolute atomic E-state index is 13.2. The van der Waals surface area contributed by atoms with Crippen molar-refractivity contribution in [3.63, 3.8) is 0 Å². The van der Waals surface area contributed by atoms with E-state index in [-0.39, 0.29) is 11.4 Å². The molecule has 3 aromatic carbocycles. The molecule has 0 saturated carbocycles. The number of hydrogen-bond donors (Lipinski definition) is 0. The Kier molecular flexibility index (Phi) is 4.77. The molecule has 5 heteroatoms. The van der Waals surface area contributed by atoms with Crippen LogP contribution in [0.5, 0.6) is 0 Å². The predicted octanol–water partition coefficient (Wildman–Crippen LogP) is 5.13. The molecule has 0 spiro atoms. The number of thioether (sulfide) groups is 1. The Morgan fingerprint density at radius 3 is 2.41 bits per heavy atom. The second-order valence-corrected chi connectivity index (χ2v) is 7.25. The van der Waals surface area contributed by atoms with Gasteiger partial charge in [0.05, 0.1) is 16.6 Å². The van der Waals surface area contributed by atoms with Gasteiger partial charge < -0.3 is 0 Å². The highest BCUT2D eigenvalue weighted by molar-refractivity contribution is 7.98. The molecule has 0 aliphatic carbocycles. The van der Waals surface area contributed by atoms with Crippen LogP contribution in [-0.2, 0) is 5.75 Å². The number of nitrogens with zero attached hydrogens (tertiary/aromatic N) is 2. The first-order valence-corrected chi connectivity index (χ1v) is 9.56. The van der Waals surface area contributed by atoms with Crippen LogP contribution >= 0.6 is 11.8 Å². The van der Waals surface area contributed by atoms with Gasteiger partial charge in [-0.3, -0.25) is 9.36 Å². The molecule has 0 radical (unpaired) electrons. The van der Waals surface area contributed by atoms with Crippen LogP contribution in [0.1, 0.15) is 11.1 Å². The van der Waals surface area contributed by atoms with E-state index in [0.29, 0.717) is 21.8 Å². The molecule has 0 aliphatic heterocycles. The number of hydrogen-bond acceptors (Lipinski definition) is 3. The van der Waals surface area contributed by atoms with Crippen LogP contribution in [0.4, 0.5) is 4.39 Å². The minimum atomic E-state index is -0.260. The topological polar surface area (TPSA) is 34.9 Å². The van der Waals surface area contributed by atoms with Crippen molar-refractivity contribution in [2.24, 2.45) is 0 Å². The number of fused-ring (bicyclic) bond motifs is 1. The number of rotatable bonds is 4. The zero-order chi connectivity index (χ0) is 18.8. The summed E-state index contributed by atoms with van der Waals surface area (Å²) in [7, 11) is 0. The van der Waals surface area contributed by atoms with Crippen molar-refractivity contribution in [1.29, 1.82) is 0 Å². The summed E-state index contributed by atoms with van der Waals surface area (Å²) < 4.78 is 14.8. The second-order valence-electron chi connectivity index (χ2n) is 6.30. The standard InChI is InChI=1S/C22H17FN2OS/c1-15-6-12-18(13-7-15)25-21(26)19-4-2-3-5-20(19)24-22(25)27-14-16-8-10-17(23)11-9-16/h2-13H,14H2,1H3. The summed E-state index contributed by atoms with van der Waals surface area (Å²) in [6, 6.07) is 21.5. The summed E-state index contributed by atoms with van der Waals surface area (Å²) in [4.78, 5) is 17.9. The lowest BCUT2D eigenvalue weighted by atomic mass is 10.2. The molecule has 3 nitrogen and oxygen atoms in total. The molecular weight excluding hydrogens is 359 g/mol. The van der Waals surface area contributed by atoms with E-state index in [0.717, 1.165) is 16.8 Å². The number of halogens is 1. The fourth-order valence-electron chi connectivity index (χ4n) is 2.86. The van der Waals surface area contributed by atoms with Crippen LogP contribution in [0, 0.1) is 12.7 Å². The number of benzene rings is 3. The lowest BCUT2D eigenvalue weighted by Crippen LogP contribution is -2.21. The van der Waals surface area contributed by atoms with E-state index in [2.05, 4.69) is 0 Å². The SMILES string of the molecule is Cc1ccc(-n2c(SCc3ccc(F)cc3)nc3ccccc3c2=O)cc1. The van der Waals surface area contributed by atoms with Crippen molar-refractivity contribution in [3.05, 3.63) is 100 Å². The van der Waals surface area contributed by atoms with Gasteiger partial charge in [-0.05, 0) is 48.9 Å². The molecule has 0 bridgehead atoms. The lowest BCUT2D eigenvalue weighted by molar-refractivity contribution is 0.627. The molecule has 4 aromatic rings. The quantitative estimate of drug-likeness (QED) is 0.366. The predicted molar refractivity (Wildman–Crippen MR) is 108 cm³/mol. The van der Waals surface area contributed by atoms with Crippen molar-refractivity contribution < 1.29 is 4.39 Å². The highest BCUT2D eigenvalue weighted by Crippen LogP contribution is 2.25. The van der Waals surface area contributed by atoms with Gasteiger partial charge in [-0.15, -0.1) is 0 Å². The largest absolute Gasteiger partial charge is 0.268 e. The molecule has 134 valence electrons. The van der Waals surface area contributed by atoms with Crippen molar-refractivity contribution in [2.45, 2.75) is 17.8 Å². The molecule has 0 saturated heterocycles. The van der Waals surface area contributed by atoms with Gasteiger partial charge in [-0.25, -0.2) is 9.37 Å². The van der Waals surface area contributed by atoms with Gasteiger partial charge in [0, 0.05) is 5.75 Å². The summed E-state index contributed by atoms with van der Waals surface area (Å²) in [5.74, 6) is 0.334. The van der Waals surface area contributed by atoms with E-state index in [9.17, 15) is 9.18 Å². The van der Waals surface area contributed by atoms with Crippen LogP contribution < -0.4 is 5.56 Å². The van der Waals surface area contributed by atoms with Gasteiger partial charge in [0.15, 0.2) is 5.16 Å². The Morgan fingerprint density at radius 2 is 1.67 bits per heavy atom. The minimum Gasteiger partial charge on any atom is -0.268 e. The molecular formula is C22H17FN2OS. The van der Waals surface area contributed by atoms with Gasteiger partial charge in [0.25, 0.3) is 5.56 Å². The molecule has 0 N–H and O–H groups in total. The smallest absolute Gasteiger partial charge is 0.266 e. The van der Waals surface area contributed by atoms with Crippen molar-refractivity contribution >= 4 is 22.7 Å². The monoisotopic (exact) mass is 376 g/mol. The summed E-state index contributed by atoms with van der Waals surface area (Å²) in [6.45, 7) is 2.01.